The number of carbonyl (C=O) groups excluding carboxylic acids is 2. The van der Waals surface area contributed by atoms with Gasteiger partial charge >= 0.3 is 5.97 Å². The molecule has 0 amide bonds. The molecule has 1 aromatic heterocycles. The minimum atomic E-state index is -0.441. The molecule has 4 rings (SSSR count). The van der Waals surface area contributed by atoms with Crippen LogP contribution in [0.3, 0.4) is 0 Å². The Hall–Kier alpha value is -2.78. The number of methoxy groups -OCH3 is 2. The van der Waals surface area contributed by atoms with Crippen LogP contribution in [0.4, 0.5) is 0 Å². The number of hydrogen-bond acceptors (Lipinski definition) is 6. The van der Waals surface area contributed by atoms with Crippen LogP contribution >= 0.6 is 11.3 Å². The molecule has 0 spiro atoms. The molecular formula is C26H28O5S. The van der Waals surface area contributed by atoms with Crippen molar-refractivity contribution in [1.82, 2.24) is 0 Å². The minimum absolute atomic E-state index is 0.219. The predicted molar refractivity (Wildman–Crippen MR) is 124 cm³/mol. The van der Waals surface area contributed by atoms with Gasteiger partial charge in [0.2, 0.25) is 0 Å². The lowest BCUT2D eigenvalue weighted by Gasteiger charge is -2.33. The lowest BCUT2D eigenvalue weighted by atomic mass is 9.69. The van der Waals surface area contributed by atoms with Crippen LogP contribution in [0.1, 0.15) is 71.5 Å². The molecule has 2 fully saturated rings. The van der Waals surface area contributed by atoms with Crippen molar-refractivity contribution in [3.8, 4) is 23.3 Å². The van der Waals surface area contributed by atoms with Gasteiger partial charge in [0.15, 0.2) is 11.5 Å². The molecule has 2 aliphatic carbocycles. The zero-order valence-electron chi connectivity index (χ0n) is 18.6. The molecule has 0 saturated heterocycles. The highest BCUT2D eigenvalue weighted by Crippen LogP contribution is 2.42. The van der Waals surface area contributed by atoms with Gasteiger partial charge in [-0.15, -0.1) is 11.3 Å². The van der Waals surface area contributed by atoms with Crippen LogP contribution in [0, 0.1) is 11.8 Å². The molecule has 2 aromatic rings. The Bertz CT molecular complexity index is 1040. The van der Waals surface area contributed by atoms with E-state index in [1.165, 1.54) is 31.3 Å². The molecular weight excluding hydrogens is 424 g/mol. The summed E-state index contributed by atoms with van der Waals surface area (Å²) in [7, 11) is 3.03. The van der Waals surface area contributed by atoms with E-state index < -0.39 is 5.41 Å². The molecule has 0 atom stereocenters. The van der Waals surface area contributed by atoms with Crippen molar-refractivity contribution in [2.75, 3.05) is 14.2 Å². The number of rotatable bonds is 5. The molecule has 6 heteroatoms. The number of esters is 1. The number of hydrogen-bond donors (Lipinski definition) is 0. The molecule has 0 radical (unpaired) electrons. The van der Waals surface area contributed by atoms with Gasteiger partial charge in [-0.1, -0.05) is 17.9 Å². The summed E-state index contributed by atoms with van der Waals surface area (Å²) in [5.41, 5.74) is 0.611. The van der Waals surface area contributed by atoms with Gasteiger partial charge in [0.25, 0.3) is 0 Å². The zero-order chi connectivity index (χ0) is 22.6. The number of benzene rings is 1. The Morgan fingerprint density at radius 2 is 1.81 bits per heavy atom. The summed E-state index contributed by atoms with van der Waals surface area (Å²) in [6, 6.07) is 9.61. The third-order valence-corrected chi connectivity index (χ3v) is 7.37. The second-order valence-electron chi connectivity index (χ2n) is 8.42. The van der Waals surface area contributed by atoms with E-state index in [1.54, 1.807) is 13.2 Å². The summed E-state index contributed by atoms with van der Waals surface area (Å²) >= 11 is 1.32. The van der Waals surface area contributed by atoms with Gasteiger partial charge < -0.3 is 14.2 Å². The van der Waals surface area contributed by atoms with E-state index in [0.29, 0.717) is 30.6 Å². The first kappa shape index (κ1) is 22.4. The Kier molecular flexibility index (Phi) is 6.86. The Balaban J connectivity index is 1.68. The fraction of sp³-hybridized carbons (Fsp3) is 0.462. The van der Waals surface area contributed by atoms with Crippen LogP contribution in [-0.4, -0.2) is 32.1 Å². The highest BCUT2D eigenvalue weighted by Gasteiger charge is 2.36. The van der Waals surface area contributed by atoms with Crippen LogP contribution < -0.4 is 9.47 Å². The molecule has 0 unspecified atom stereocenters. The molecule has 1 heterocycles. The molecule has 168 valence electrons. The van der Waals surface area contributed by atoms with Gasteiger partial charge in [-0.3, -0.25) is 4.79 Å². The summed E-state index contributed by atoms with van der Waals surface area (Å²) in [5.74, 6) is 8.13. The van der Waals surface area contributed by atoms with E-state index in [4.69, 9.17) is 14.2 Å². The fourth-order valence-electron chi connectivity index (χ4n) is 4.49. The van der Waals surface area contributed by atoms with E-state index in [1.807, 2.05) is 18.2 Å². The zero-order valence-corrected chi connectivity index (χ0v) is 19.4. The van der Waals surface area contributed by atoms with Crippen molar-refractivity contribution in [2.24, 2.45) is 0 Å². The number of Topliss-reactive ketones (excluding diaryl/α,β-unsaturated/α-hetero) is 1. The second kappa shape index (κ2) is 9.79. The smallest absolute Gasteiger partial charge is 0.348 e. The summed E-state index contributed by atoms with van der Waals surface area (Å²) in [4.78, 5) is 25.1. The monoisotopic (exact) mass is 452 g/mol. The van der Waals surface area contributed by atoms with Gasteiger partial charge in [0.05, 0.1) is 30.6 Å². The lowest BCUT2D eigenvalue weighted by Crippen LogP contribution is -2.30. The van der Waals surface area contributed by atoms with Crippen molar-refractivity contribution >= 4 is 23.1 Å². The molecule has 1 aromatic carbocycles. The fourth-order valence-corrected chi connectivity index (χ4v) is 5.27. The third kappa shape index (κ3) is 4.83. The molecule has 0 aliphatic heterocycles. The van der Waals surface area contributed by atoms with Gasteiger partial charge in [-0.05, 0) is 68.4 Å². The van der Waals surface area contributed by atoms with Crippen LogP contribution in [0.25, 0.3) is 0 Å². The second-order valence-corrected chi connectivity index (χ2v) is 9.50. The first-order chi connectivity index (χ1) is 15.5. The standard InChI is InChI=1S/C26H28O5S/c1-29-22-9-7-18(17-23(22)31-20-5-3-4-6-20)26(14-11-19(27)12-15-26)16-13-21-8-10-24(32-21)25(28)30-2/h7-10,17,20H,3-6,11-12,14-15H2,1-2H3. The normalized spacial score (nSPS) is 18.0. The number of ketones is 1. The average Bonchev–Trinajstić information content (AvgIpc) is 3.51. The SMILES string of the molecule is COC(=O)c1ccc(C#CC2(c3ccc(OC)c(OC4CCCC4)c3)CCC(=O)CC2)s1. The Labute approximate surface area is 193 Å². The summed E-state index contributed by atoms with van der Waals surface area (Å²) in [6.45, 7) is 0. The molecule has 2 saturated carbocycles. The van der Waals surface area contributed by atoms with Crippen molar-refractivity contribution < 1.29 is 23.8 Å². The van der Waals surface area contributed by atoms with Crippen molar-refractivity contribution in [2.45, 2.75) is 62.9 Å². The lowest BCUT2D eigenvalue weighted by molar-refractivity contribution is -0.120. The maximum atomic E-state index is 12.0. The highest BCUT2D eigenvalue weighted by molar-refractivity contribution is 7.14. The molecule has 0 bridgehead atoms. The summed E-state index contributed by atoms with van der Waals surface area (Å²) in [6.07, 6.45) is 7.09. The van der Waals surface area contributed by atoms with Crippen LogP contribution in [-0.2, 0) is 14.9 Å². The number of ether oxygens (including phenoxy) is 3. The van der Waals surface area contributed by atoms with E-state index in [9.17, 15) is 9.59 Å². The van der Waals surface area contributed by atoms with Crippen LogP contribution in [0.15, 0.2) is 30.3 Å². The van der Waals surface area contributed by atoms with Gasteiger partial charge in [-0.25, -0.2) is 4.79 Å². The van der Waals surface area contributed by atoms with Crippen LogP contribution in [0.5, 0.6) is 11.5 Å². The Morgan fingerprint density at radius 3 is 2.50 bits per heavy atom. The van der Waals surface area contributed by atoms with Crippen molar-refractivity contribution in [3.05, 3.63) is 45.6 Å². The minimum Gasteiger partial charge on any atom is -0.493 e. The van der Waals surface area contributed by atoms with E-state index in [0.717, 1.165) is 34.8 Å². The summed E-state index contributed by atoms with van der Waals surface area (Å²) in [5, 5.41) is 0. The van der Waals surface area contributed by atoms with Crippen molar-refractivity contribution in [3.63, 3.8) is 0 Å². The summed E-state index contributed by atoms with van der Waals surface area (Å²) < 4.78 is 16.7. The maximum absolute atomic E-state index is 12.0. The number of thiophene rings is 1. The molecule has 32 heavy (non-hydrogen) atoms. The Morgan fingerprint density at radius 1 is 1.06 bits per heavy atom. The largest absolute Gasteiger partial charge is 0.493 e. The predicted octanol–water partition coefficient (Wildman–Crippen LogP) is 5.30. The maximum Gasteiger partial charge on any atom is 0.348 e. The van der Waals surface area contributed by atoms with E-state index in [2.05, 4.69) is 17.9 Å². The van der Waals surface area contributed by atoms with Crippen molar-refractivity contribution in [1.29, 1.82) is 0 Å². The topological polar surface area (TPSA) is 61.8 Å². The van der Waals surface area contributed by atoms with E-state index >= 15 is 0 Å². The van der Waals surface area contributed by atoms with Gasteiger partial charge in [0, 0.05) is 12.8 Å². The number of carbonyl (C=O) groups is 2. The van der Waals surface area contributed by atoms with Gasteiger partial charge in [-0.2, -0.15) is 0 Å². The first-order valence-corrected chi connectivity index (χ1v) is 11.9. The quantitative estimate of drug-likeness (QED) is 0.455. The average molecular weight is 453 g/mol. The highest BCUT2D eigenvalue weighted by atomic mass is 32.1. The molecule has 2 aliphatic rings. The third-order valence-electron chi connectivity index (χ3n) is 6.39. The first-order valence-electron chi connectivity index (χ1n) is 11.1. The van der Waals surface area contributed by atoms with Crippen LogP contribution in [0.2, 0.25) is 0 Å². The molecule has 0 N–H and O–H groups in total. The van der Waals surface area contributed by atoms with E-state index in [-0.39, 0.29) is 17.9 Å². The van der Waals surface area contributed by atoms with Gasteiger partial charge in [0.1, 0.15) is 10.7 Å². The molecule has 5 nitrogen and oxygen atoms in total.